The molecular formula is C28H54O12S. The third kappa shape index (κ3) is 17.7. The molecule has 0 bridgehead atoms. The summed E-state index contributed by atoms with van der Waals surface area (Å²) in [6.07, 6.45) is 7.70. The van der Waals surface area contributed by atoms with E-state index < -0.39 is 59.8 Å². The molecule has 0 aromatic heterocycles. The van der Waals surface area contributed by atoms with Gasteiger partial charge in [0, 0.05) is 13.0 Å². The lowest BCUT2D eigenvalue weighted by atomic mass is 9.99. The maximum absolute atomic E-state index is 12.1. The minimum atomic E-state index is -5.03. The number of hydrogen-bond acceptors (Lipinski definition) is 11. The highest BCUT2D eigenvalue weighted by Crippen LogP contribution is 2.26. The van der Waals surface area contributed by atoms with Crippen LogP contribution < -0.4 is 0 Å². The molecule has 1 fully saturated rings. The van der Waals surface area contributed by atoms with Crippen LogP contribution in [0, 0.1) is 0 Å². The van der Waals surface area contributed by atoms with E-state index in [0.29, 0.717) is 13.0 Å². The molecule has 0 aliphatic carbocycles. The summed E-state index contributed by atoms with van der Waals surface area (Å²) in [5.41, 5.74) is 0. The van der Waals surface area contributed by atoms with E-state index in [1.807, 2.05) is 6.92 Å². The maximum Gasteiger partial charge on any atom is 0.397 e. The smallest absolute Gasteiger partial charge is 0.397 e. The Hall–Kier alpha value is -0.900. The number of carbonyl (C=O) groups is 1. The summed E-state index contributed by atoms with van der Waals surface area (Å²) in [6.45, 7) is 3.57. The predicted molar refractivity (Wildman–Crippen MR) is 151 cm³/mol. The zero-order valence-electron chi connectivity index (χ0n) is 24.9. The van der Waals surface area contributed by atoms with Crippen LogP contribution in [0.5, 0.6) is 0 Å². The molecule has 12 nitrogen and oxygen atoms in total. The molecule has 6 unspecified atom stereocenters. The van der Waals surface area contributed by atoms with E-state index in [1.54, 1.807) is 0 Å². The van der Waals surface area contributed by atoms with Crippen LogP contribution in [0.4, 0.5) is 0 Å². The number of unbranched alkanes of at least 4 members (excludes halogenated alkanes) is 12. The van der Waals surface area contributed by atoms with E-state index in [1.165, 1.54) is 64.2 Å². The van der Waals surface area contributed by atoms with E-state index in [2.05, 4.69) is 11.1 Å². The molecular weight excluding hydrogens is 560 g/mol. The van der Waals surface area contributed by atoms with Crippen molar-refractivity contribution >= 4 is 16.4 Å². The molecule has 1 saturated heterocycles. The number of hydrogen-bond donors (Lipinski definition) is 4. The number of ether oxygens (including phenoxy) is 4. The van der Waals surface area contributed by atoms with Crippen LogP contribution in [0.15, 0.2) is 0 Å². The summed E-state index contributed by atoms with van der Waals surface area (Å²) in [4.78, 5) is 12.1. The summed E-state index contributed by atoms with van der Waals surface area (Å²) < 4.78 is 57.7. The van der Waals surface area contributed by atoms with Gasteiger partial charge in [-0.15, -0.1) is 0 Å². The molecule has 1 aliphatic heterocycles. The molecule has 13 heteroatoms. The standard InChI is InChI=1S/C28H54O12S/c1-3-5-6-7-8-9-10-11-12-13-14-15-16-18-36-20-22(38-24(30)17-4-2)21-37-28-26(32)27(40-41(33,34)35)25(31)23(19-29)39-28/h22-23,25-29,31-32H,3-21H2,1-2H3,(H,33,34,35). The van der Waals surface area contributed by atoms with Gasteiger partial charge in [-0.2, -0.15) is 8.42 Å². The molecule has 6 atom stereocenters. The molecule has 0 saturated carbocycles. The minimum absolute atomic E-state index is 0.0352. The van der Waals surface area contributed by atoms with Gasteiger partial charge >= 0.3 is 16.4 Å². The Morgan fingerprint density at radius 1 is 0.829 bits per heavy atom. The van der Waals surface area contributed by atoms with E-state index in [-0.39, 0.29) is 19.6 Å². The second-order valence-corrected chi connectivity index (χ2v) is 11.8. The van der Waals surface area contributed by atoms with Gasteiger partial charge in [-0.3, -0.25) is 9.35 Å². The first kappa shape index (κ1) is 38.1. The zero-order valence-corrected chi connectivity index (χ0v) is 25.7. The fraction of sp³-hybridized carbons (Fsp3) is 0.964. The minimum Gasteiger partial charge on any atom is -0.457 e. The Bertz CT molecular complexity index is 765. The lowest BCUT2D eigenvalue weighted by Gasteiger charge is -2.41. The number of aliphatic hydroxyl groups excluding tert-OH is 3. The summed E-state index contributed by atoms with van der Waals surface area (Å²) in [5, 5.41) is 30.0. The third-order valence-electron chi connectivity index (χ3n) is 6.95. The van der Waals surface area contributed by atoms with E-state index >= 15 is 0 Å². The van der Waals surface area contributed by atoms with Crippen LogP contribution in [-0.4, -0.2) is 97.5 Å². The van der Waals surface area contributed by atoms with Crippen molar-refractivity contribution in [2.75, 3.05) is 26.4 Å². The van der Waals surface area contributed by atoms with Crippen LogP contribution in [0.2, 0.25) is 0 Å². The van der Waals surface area contributed by atoms with E-state index in [4.69, 9.17) is 23.5 Å². The first-order chi connectivity index (χ1) is 19.6. The lowest BCUT2D eigenvalue weighted by Crippen LogP contribution is -2.60. The molecule has 0 aromatic carbocycles. The molecule has 0 radical (unpaired) electrons. The Kier molecular flexibility index (Phi) is 21.0. The highest BCUT2D eigenvalue weighted by atomic mass is 32.3. The van der Waals surface area contributed by atoms with Gasteiger partial charge in [0.1, 0.15) is 30.5 Å². The second kappa shape index (κ2) is 22.6. The molecule has 0 amide bonds. The SMILES string of the molecule is CCCCCCCCCCCCCCCOCC(COC1OC(CO)C(O)C(OS(=O)(=O)O)C1O)OC(=O)CCC. The molecule has 0 aromatic rings. The van der Waals surface area contributed by atoms with Crippen molar-refractivity contribution in [1.82, 2.24) is 0 Å². The normalized spacial score (nSPS) is 23.9. The molecule has 1 rings (SSSR count). The van der Waals surface area contributed by atoms with Crippen molar-refractivity contribution in [3.8, 4) is 0 Å². The maximum atomic E-state index is 12.1. The van der Waals surface area contributed by atoms with Gasteiger partial charge in [-0.1, -0.05) is 90.9 Å². The van der Waals surface area contributed by atoms with Crippen LogP contribution >= 0.6 is 0 Å². The van der Waals surface area contributed by atoms with E-state index in [9.17, 15) is 28.5 Å². The molecule has 1 heterocycles. The fourth-order valence-corrected chi connectivity index (χ4v) is 5.16. The topological polar surface area (TPSA) is 178 Å². The van der Waals surface area contributed by atoms with Gasteiger partial charge < -0.3 is 34.3 Å². The summed E-state index contributed by atoms with van der Waals surface area (Å²) in [5.74, 6) is -0.452. The van der Waals surface area contributed by atoms with Crippen molar-refractivity contribution in [3.63, 3.8) is 0 Å². The van der Waals surface area contributed by atoms with Crippen LogP contribution in [0.1, 0.15) is 110 Å². The third-order valence-corrected chi connectivity index (χ3v) is 7.41. The van der Waals surface area contributed by atoms with Gasteiger partial charge in [-0.25, -0.2) is 4.18 Å². The number of carbonyl (C=O) groups excluding carboxylic acids is 1. The summed E-state index contributed by atoms with van der Waals surface area (Å²) >= 11 is 0. The quantitative estimate of drug-likeness (QED) is 0.0670. The molecule has 41 heavy (non-hydrogen) atoms. The Balaban J connectivity index is 2.39. The second-order valence-electron chi connectivity index (χ2n) is 10.7. The van der Waals surface area contributed by atoms with Crippen LogP contribution in [-0.2, 0) is 38.3 Å². The highest BCUT2D eigenvalue weighted by Gasteiger charge is 2.48. The van der Waals surface area contributed by atoms with Crippen molar-refractivity contribution < 1.29 is 56.2 Å². The van der Waals surface area contributed by atoms with Crippen molar-refractivity contribution in [2.45, 2.75) is 147 Å². The molecule has 4 N–H and O–H groups in total. The molecule has 244 valence electrons. The molecule has 1 aliphatic rings. The lowest BCUT2D eigenvalue weighted by molar-refractivity contribution is -0.301. The molecule has 0 spiro atoms. The number of aliphatic hydroxyl groups is 3. The number of esters is 1. The number of rotatable bonds is 25. The average Bonchev–Trinajstić information content (AvgIpc) is 2.92. The van der Waals surface area contributed by atoms with Crippen molar-refractivity contribution in [2.24, 2.45) is 0 Å². The van der Waals surface area contributed by atoms with Crippen LogP contribution in [0.25, 0.3) is 0 Å². The summed E-state index contributed by atoms with van der Waals surface area (Å²) in [6, 6.07) is 0. The van der Waals surface area contributed by atoms with Gasteiger partial charge in [0.05, 0.1) is 19.8 Å². The first-order valence-electron chi connectivity index (χ1n) is 15.3. The van der Waals surface area contributed by atoms with Gasteiger partial charge in [-0.05, 0) is 12.8 Å². The Morgan fingerprint density at radius 2 is 1.39 bits per heavy atom. The van der Waals surface area contributed by atoms with Gasteiger partial charge in [0.15, 0.2) is 6.29 Å². The van der Waals surface area contributed by atoms with Crippen molar-refractivity contribution in [3.05, 3.63) is 0 Å². The fourth-order valence-electron chi connectivity index (χ4n) is 4.65. The first-order valence-corrected chi connectivity index (χ1v) is 16.7. The van der Waals surface area contributed by atoms with Crippen molar-refractivity contribution in [1.29, 1.82) is 0 Å². The Labute approximate surface area is 246 Å². The predicted octanol–water partition coefficient (Wildman–Crippen LogP) is 3.45. The van der Waals surface area contributed by atoms with Gasteiger partial charge in [0.25, 0.3) is 0 Å². The van der Waals surface area contributed by atoms with Gasteiger partial charge in [0.2, 0.25) is 0 Å². The van der Waals surface area contributed by atoms with Crippen LogP contribution in [0.3, 0.4) is 0 Å². The largest absolute Gasteiger partial charge is 0.457 e. The zero-order chi connectivity index (χ0) is 30.5. The summed E-state index contributed by atoms with van der Waals surface area (Å²) in [7, 11) is -5.03. The Morgan fingerprint density at radius 3 is 1.90 bits per heavy atom. The highest BCUT2D eigenvalue weighted by molar-refractivity contribution is 7.80. The average molecular weight is 615 g/mol. The monoisotopic (exact) mass is 614 g/mol. The van der Waals surface area contributed by atoms with E-state index in [0.717, 1.165) is 19.3 Å².